The molecule has 3 heteroatoms. The van der Waals surface area contributed by atoms with E-state index in [0.717, 1.165) is 26.1 Å². The molecule has 96 valence electrons. The van der Waals surface area contributed by atoms with Crippen LogP contribution in [0.2, 0.25) is 0 Å². The Kier molecular flexibility index (Phi) is 6.16. The molecular formula is C14H25N3. The molecular weight excluding hydrogens is 210 g/mol. The van der Waals surface area contributed by atoms with Gasteiger partial charge in [-0.1, -0.05) is 27.2 Å². The summed E-state index contributed by atoms with van der Waals surface area (Å²) in [4.78, 5) is 6.43. The molecule has 3 nitrogen and oxygen atoms in total. The smallest absolute Gasteiger partial charge is 0.0271 e. The molecule has 1 aromatic rings. The summed E-state index contributed by atoms with van der Waals surface area (Å²) in [5.74, 6) is 0.585. The molecule has 2 N–H and O–H groups in total. The second-order valence-corrected chi connectivity index (χ2v) is 4.73. The van der Waals surface area contributed by atoms with Gasteiger partial charge in [-0.2, -0.15) is 0 Å². The zero-order valence-corrected chi connectivity index (χ0v) is 11.3. The Morgan fingerprint density at radius 1 is 1.29 bits per heavy atom. The Balaban J connectivity index is 2.49. The molecule has 2 atom stereocenters. The number of hydrogen-bond donors (Lipinski definition) is 1. The largest absolute Gasteiger partial charge is 0.326 e. The van der Waals surface area contributed by atoms with E-state index in [2.05, 4.69) is 42.8 Å². The first-order valence-corrected chi connectivity index (χ1v) is 6.54. The van der Waals surface area contributed by atoms with Gasteiger partial charge in [0.2, 0.25) is 0 Å². The molecule has 17 heavy (non-hydrogen) atoms. The van der Waals surface area contributed by atoms with Crippen LogP contribution in [0.1, 0.15) is 32.8 Å². The van der Waals surface area contributed by atoms with E-state index in [4.69, 9.17) is 5.73 Å². The van der Waals surface area contributed by atoms with Crippen LogP contribution in [-0.2, 0) is 6.54 Å². The summed E-state index contributed by atoms with van der Waals surface area (Å²) < 4.78 is 0. The van der Waals surface area contributed by atoms with E-state index in [-0.39, 0.29) is 6.04 Å². The first-order valence-electron chi connectivity index (χ1n) is 6.54. The molecule has 1 rings (SSSR count). The lowest BCUT2D eigenvalue weighted by Gasteiger charge is -2.27. The van der Waals surface area contributed by atoms with Crippen molar-refractivity contribution < 1.29 is 0 Å². The van der Waals surface area contributed by atoms with Gasteiger partial charge in [0.05, 0.1) is 0 Å². The highest BCUT2D eigenvalue weighted by Crippen LogP contribution is 2.09. The van der Waals surface area contributed by atoms with Gasteiger partial charge in [0.15, 0.2) is 0 Å². The summed E-state index contributed by atoms with van der Waals surface area (Å²) in [6.45, 7) is 9.57. The third-order valence-electron chi connectivity index (χ3n) is 3.45. The molecule has 0 bridgehead atoms. The van der Waals surface area contributed by atoms with Crippen molar-refractivity contribution in [3.8, 4) is 0 Å². The molecule has 0 spiro atoms. The van der Waals surface area contributed by atoms with Crippen molar-refractivity contribution in [2.75, 3.05) is 13.1 Å². The molecule has 0 unspecified atom stereocenters. The average molecular weight is 235 g/mol. The van der Waals surface area contributed by atoms with E-state index in [9.17, 15) is 0 Å². The van der Waals surface area contributed by atoms with E-state index in [1.54, 1.807) is 0 Å². The Labute approximate surface area is 105 Å². The predicted molar refractivity (Wildman–Crippen MR) is 72.6 cm³/mol. The van der Waals surface area contributed by atoms with Crippen LogP contribution in [0.4, 0.5) is 0 Å². The summed E-state index contributed by atoms with van der Waals surface area (Å²) in [5, 5.41) is 0. The van der Waals surface area contributed by atoms with Crippen LogP contribution in [-0.4, -0.2) is 29.0 Å². The number of rotatable bonds is 7. The van der Waals surface area contributed by atoms with Gasteiger partial charge in [0.25, 0.3) is 0 Å². The lowest BCUT2D eigenvalue weighted by atomic mass is 9.99. The first-order chi connectivity index (χ1) is 8.17. The van der Waals surface area contributed by atoms with Gasteiger partial charge in [-0.3, -0.25) is 9.88 Å². The number of likely N-dealkylation sites (N-methyl/N-ethyl adjacent to an activating group) is 1. The molecule has 1 aromatic heterocycles. The van der Waals surface area contributed by atoms with Crippen LogP contribution in [0, 0.1) is 5.92 Å². The number of nitrogens with zero attached hydrogens (tertiary/aromatic N) is 2. The third kappa shape index (κ3) is 4.84. The van der Waals surface area contributed by atoms with Gasteiger partial charge in [0, 0.05) is 31.5 Å². The van der Waals surface area contributed by atoms with Crippen LogP contribution in [0.15, 0.2) is 24.5 Å². The molecule has 0 aliphatic carbocycles. The minimum absolute atomic E-state index is 0.266. The molecule has 0 fully saturated rings. The van der Waals surface area contributed by atoms with Crippen molar-refractivity contribution in [2.45, 2.75) is 39.8 Å². The van der Waals surface area contributed by atoms with Gasteiger partial charge < -0.3 is 5.73 Å². The summed E-state index contributed by atoms with van der Waals surface area (Å²) in [7, 11) is 0. The van der Waals surface area contributed by atoms with Crippen molar-refractivity contribution in [1.29, 1.82) is 0 Å². The van der Waals surface area contributed by atoms with Crippen molar-refractivity contribution >= 4 is 0 Å². The molecule has 0 aliphatic rings. The van der Waals surface area contributed by atoms with Crippen LogP contribution >= 0.6 is 0 Å². The van der Waals surface area contributed by atoms with Crippen LogP contribution in [0.25, 0.3) is 0 Å². The lowest BCUT2D eigenvalue weighted by molar-refractivity contribution is 0.234. The highest BCUT2D eigenvalue weighted by Gasteiger charge is 2.14. The fourth-order valence-electron chi connectivity index (χ4n) is 1.83. The molecule has 0 saturated carbocycles. The van der Waals surface area contributed by atoms with E-state index in [0.29, 0.717) is 5.92 Å². The number of hydrogen-bond acceptors (Lipinski definition) is 3. The maximum atomic E-state index is 6.20. The summed E-state index contributed by atoms with van der Waals surface area (Å²) >= 11 is 0. The predicted octanol–water partition coefficient (Wildman–Crippen LogP) is 2.28. The second kappa shape index (κ2) is 7.41. The normalized spacial score (nSPS) is 14.9. The highest BCUT2D eigenvalue weighted by molar-refractivity contribution is 5.09. The van der Waals surface area contributed by atoms with E-state index in [1.807, 2.05) is 12.4 Å². The molecule has 0 amide bonds. The zero-order chi connectivity index (χ0) is 12.7. The van der Waals surface area contributed by atoms with Crippen LogP contribution in [0.3, 0.4) is 0 Å². The maximum Gasteiger partial charge on any atom is 0.0271 e. The minimum atomic E-state index is 0.266. The van der Waals surface area contributed by atoms with Gasteiger partial charge in [-0.25, -0.2) is 0 Å². The van der Waals surface area contributed by atoms with Gasteiger partial charge in [0.1, 0.15) is 0 Å². The quantitative estimate of drug-likeness (QED) is 0.788. The Bertz CT molecular complexity index is 300. The van der Waals surface area contributed by atoms with Crippen molar-refractivity contribution in [3.05, 3.63) is 30.1 Å². The molecule has 0 radical (unpaired) electrons. The third-order valence-corrected chi connectivity index (χ3v) is 3.45. The fraction of sp³-hybridized carbons (Fsp3) is 0.643. The van der Waals surface area contributed by atoms with E-state index >= 15 is 0 Å². The van der Waals surface area contributed by atoms with Crippen molar-refractivity contribution in [1.82, 2.24) is 9.88 Å². The molecule has 0 aromatic carbocycles. The Morgan fingerprint density at radius 3 is 2.47 bits per heavy atom. The Hall–Kier alpha value is -0.930. The number of pyridine rings is 1. The topological polar surface area (TPSA) is 42.1 Å². The number of aromatic nitrogens is 1. The summed E-state index contributed by atoms with van der Waals surface area (Å²) in [6, 6.07) is 4.40. The van der Waals surface area contributed by atoms with Crippen LogP contribution in [0.5, 0.6) is 0 Å². The fourth-order valence-corrected chi connectivity index (χ4v) is 1.83. The lowest BCUT2D eigenvalue weighted by Crippen LogP contribution is -2.41. The standard InChI is InChI=1S/C14H25N3/c1-4-12(3)14(15)11-17(5-2)10-13-6-8-16-9-7-13/h6-9,12,14H,4-5,10-11,15H2,1-3H3/t12-,14-/m1/s1. The highest BCUT2D eigenvalue weighted by atomic mass is 15.1. The maximum absolute atomic E-state index is 6.20. The van der Waals surface area contributed by atoms with Crippen LogP contribution < -0.4 is 5.73 Å². The minimum Gasteiger partial charge on any atom is -0.326 e. The van der Waals surface area contributed by atoms with E-state index in [1.165, 1.54) is 5.56 Å². The SMILES string of the molecule is CC[C@@H](C)[C@H](N)CN(CC)Cc1ccncc1. The van der Waals surface area contributed by atoms with Gasteiger partial charge >= 0.3 is 0 Å². The second-order valence-electron chi connectivity index (χ2n) is 4.73. The number of nitrogens with two attached hydrogens (primary N) is 1. The van der Waals surface area contributed by atoms with Crippen molar-refractivity contribution in [2.24, 2.45) is 11.7 Å². The molecule has 1 heterocycles. The van der Waals surface area contributed by atoms with Gasteiger partial charge in [-0.05, 0) is 30.2 Å². The molecule has 0 aliphatic heterocycles. The van der Waals surface area contributed by atoms with Crippen molar-refractivity contribution in [3.63, 3.8) is 0 Å². The van der Waals surface area contributed by atoms with E-state index < -0.39 is 0 Å². The Morgan fingerprint density at radius 2 is 1.94 bits per heavy atom. The first kappa shape index (κ1) is 14.1. The molecule has 0 saturated heterocycles. The zero-order valence-electron chi connectivity index (χ0n) is 11.3. The average Bonchev–Trinajstić information content (AvgIpc) is 2.38. The summed E-state index contributed by atoms with van der Waals surface area (Å²) in [6.07, 6.45) is 4.84. The van der Waals surface area contributed by atoms with Gasteiger partial charge in [-0.15, -0.1) is 0 Å². The summed E-state index contributed by atoms with van der Waals surface area (Å²) in [5.41, 5.74) is 7.51. The monoisotopic (exact) mass is 235 g/mol.